The molecule has 0 rings (SSSR count). The van der Waals surface area contributed by atoms with Crippen LogP contribution in [0, 0.1) is 0 Å². The highest BCUT2D eigenvalue weighted by Crippen LogP contribution is 2.10. The van der Waals surface area contributed by atoms with Gasteiger partial charge in [-0.05, 0) is 19.4 Å². The van der Waals surface area contributed by atoms with E-state index in [0.29, 0.717) is 12.5 Å². The number of ether oxygens (including phenoxy) is 1. The summed E-state index contributed by atoms with van der Waals surface area (Å²) in [7, 11) is 1.46. The zero-order chi connectivity index (χ0) is 12.9. The van der Waals surface area contributed by atoms with E-state index in [4.69, 9.17) is 4.74 Å². The maximum absolute atomic E-state index is 11.3. The molecular formula is C14H29NO2. The van der Waals surface area contributed by atoms with Gasteiger partial charge in [0.15, 0.2) is 0 Å². The monoisotopic (exact) mass is 243 g/mol. The Kier molecular flexibility index (Phi) is 11.5. The lowest BCUT2D eigenvalue weighted by Gasteiger charge is -2.17. The Morgan fingerprint density at radius 1 is 1.12 bits per heavy atom. The van der Waals surface area contributed by atoms with Crippen molar-refractivity contribution in [1.29, 1.82) is 0 Å². The molecule has 0 spiro atoms. The van der Waals surface area contributed by atoms with Gasteiger partial charge in [-0.1, -0.05) is 46.0 Å². The van der Waals surface area contributed by atoms with Gasteiger partial charge in [0, 0.05) is 6.04 Å². The Bertz CT molecular complexity index is 183. The molecule has 0 aliphatic carbocycles. The topological polar surface area (TPSA) is 38.3 Å². The zero-order valence-corrected chi connectivity index (χ0v) is 11.8. The molecule has 0 fully saturated rings. The van der Waals surface area contributed by atoms with E-state index in [-0.39, 0.29) is 5.97 Å². The third-order valence-corrected chi connectivity index (χ3v) is 2.98. The number of carbonyl (C=O) groups is 1. The van der Waals surface area contributed by atoms with Gasteiger partial charge in [0.1, 0.15) is 0 Å². The first-order chi connectivity index (χ1) is 8.24. The fraction of sp³-hybridized carbons (Fsp3) is 0.929. The summed E-state index contributed by atoms with van der Waals surface area (Å²) in [4.78, 5) is 11.3. The molecule has 1 unspecified atom stereocenters. The summed E-state index contributed by atoms with van der Waals surface area (Å²) in [5.41, 5.74) is 0. The highest BCUT2D eigenvalue weighted by atomic mass is 16.5. The third-order valence-electron chi connectivity index (χ3n) is 2.98. The van der Waals surface area contributed by atoms with Crippen LogP contribution in [0.5, 0.6) is 0 Å². The van der Waals surface area contributed by atoms with Crippen LogP contribution < -0.4 is 5.32 Å². The molecule has 0 aromatic rings. The van der Waals surface area contributed by atoms with Crippen LogP contribution in [0.25, 0.3) is 0 Å². The van der Waals surface area contributed by atoms with Crippen molar-refractivity contribution in [1.82, 2.24) is 5.32 Å². The summed E-state index contributed by atoms with van der Waals surface area (Å²) in [5.74, 6) is -0.104. The Labute approximate surface area is 106 Å². The summed E-state index contributed by atoms with van der Waals surface area (Å²) in [6.45, 7) is 5.35. The summed E-state index contributed by atoms with van der Waals surface area (Å²) in [5, 5.41) is 3.42. The van der Waals surface area contributed by atoms with Crippen LogP contribution in [0.2, 0.25) is 0 Å². The van der Waals surface area contributed by atoms with Crippen LogP contribution in [0.3, 0.4) is 0 Å². The molecule has 1 N–H and O–H groups in total. The van der Waals surface area contributed by atoms with Gasteiger partial charge in [-0.2, -0.15) is 0 Å². The molecule has 0 aliphatic heterocycles. The second-order valence-electron chi connectivity index (χ2n) is 4.63. The van der Waals surface area contributed by atoms with E-state index in [1.54, 1.807) is 0 Å². The number of nitrogens with one attached hydrogen (secondary N) is 1. The van der Waals surface area contributed by atoms with Crippen molar-refractivity contribution in [2.45, 2.75) is 71.3 Å². The normalized spacial score (nSPS) is 12.4. The smallest absolute Gasteiger partial charge is 0.307 e. The second kappa shape index (κ2) is 11.9. The number of hydrogen-bond donors (Lipinski definition) is 1. The molecule has 0 radical (unpaired) electrons. The van der Waals surface area contributed by atoms with Crippen molar-refractivity contribution in [2.75, 3.05) is 13.7 Å². The SMILES string of the molecule is CCCCCCCC(CC(=O)OC)NCCC. The molecular weight excluding hydrogens is 214 g/mol. The number of methoxy groups -OCH3 is 1. The van der Waals surface area contributed by atoms with E-state index in [1.807, 2.05) is 0 Å². The molecule has 0 amide bonds. The van der Waals surface area contributed by atoms with Gasteiger partial charge >= 0.3 is 5.97 Å². The van der Waals surface area contributed by atoms with Gasteiger partial charge in [-0.25, -0.2) is 0 Å². The minimum absolute atomic E-state index is 0.104. The van der Waals surface area contributed by atoms with Crippen molar-refractivity contribution in [2.24, 2.45) is 0 Å². The number of hydrogen-bond acceptors (Lipinski definition) is 3. The largest absolute Gasteiger partial charge is 0.469 e. The predicted octanol–water partition coefficient (Wildman–Crippen LogP) is 3.28. The molecule has 0 bridgehead atoms. The van der Waals surface area contributed by atoms with Crippen molar-refractivity contribution >= 4 is 5.97 Å². The minimum atomic E-state index is -0.104. The van der Waals surface area contributed by atoms with Gasteiger partial charge in [0.2, 0.25) is 0 Å². The lowest BCUT2D eigenvalue weighted by Crippen LogP contribution is -2.32. The first-order valence-electron chi connectivity index (χ1n) is 7.04. The van der Waals surface area contributed by atoms with Gasteiger partial charge in [-0.3, -0.25) is 4.79 Å². The summed E-state index contributed by atoms with van der Waals surface area (Å²) < 4.78 is 4.73. The Hall–Kier alpha value is -0.570. The maximum atomic E-state index is 11.3. The quantitative estimate of drug-likeness (QED) is 0.447. The average molecular weight is 243 g/mol. The first kappa shape index (κ1) is 16.4. The lowest BCUT2D eigenvalue weighted by molar-refractivity contribution is -0.141. The number of rotatable bonds is 11. The Morgan fingerprint density at radius 3 is 2.41 bits per heavy atom. The van der Waals surface area contributed by atoms with Crippen LogP contribution in [0.15, 0.2) is 0 Å². The van der Waals surface area contributed by atoms with Gasteiger partial charge in [-0.15, -0.1) is 0 Å². The minimum Gasteiger partial charge on any atom is -0.469 e. The van der Waals surface area contributed by atoms with Gasteiger partial charge in [0.25, 0.3) is 0 Å². The van der Waals surface area contributed by atoms with E-state index in [9.17, 15) is 4.79 Å². The molecule has 0 aromatic carbocycles. The summed E-state index contributed by atoms with van der Waals surface area (Å²) in [6, 6.07) is 0.295. The first-order valence-corrected chi connectivity index (χ1v) is 7.04. The number of carbonyl (C=O) groups excluding carboxylic acids is 1. The maximum Gasteiger partial charge on any atom is 0.307 e. The van der Waals surface area contributed by atoms with Crippen molar-refractivity contribution < 1.29 is 9.53 Å². The van der Waals surface area contributed by atoms with Crippen LogP contribution >= 0.6 is 0 Å². The molecule has 0 saturated carbocycles. The van der Waals surface area contributed by atoms with Crippen molar-refractivity contribution in [3.8, 4) is 0 Å². The molecule has 0 saturated heterocycles. The van der Waals surface area contributed by atoms with Crippen LogP contribution in [-0.4, -0.2) is 25.7 Å². The predicted molar refractivity (Wildman–Crippen MR) is 72.1 cm³/mol. The molecule has 1 atom stereocenters. The van der Waals surface area contributed by atoms with E-state index < -0.39 is 0 Å². The standard InChI is InChI=1S/C14H29NO2/c1-4-6-7-8-9-10-13(15-11-5-2)12-14(16)17-3/h13,15H,4-12H2,1-3H3. The lowest BCUT2D eigenvalue weighted by atomic mass is 10.0. The molecule has 0 heterocycles. The van der Waals surface area contributed by atoms with E-state index in [2.05, 4.69) is 19.2 Å². The molecule has 3 heteroatoms. The highest BCUT2D eigenvalue weighted by Gasteiger charge is 2.12. The van der Waals surface area contributed by atoms with Gasteiger partial charge < -0.3 is 10.1 Å². The molecule has 3 nitrogen and oxygen atoms in total. The fourth-order valence-electron chi connectivity index (χ4n) is 1.90. The third kappa shape index (κ3) is 10.3. The second-order valence-corrected chi connectivity index (χ2v) is 4.63. The molecule has 102 valence electrons. The number of esters is 1. The van der Waals surface area contributed by atoms with Crippen molar-refractivity contribution in [3.63, 3.8) is 0 Å². The summed E-state index contributed by atoms with van der Waals surface area (Å²) in [6.07, 6.45) is 9.09. The molecule has 17 heavy (non-hydrogen) atoms. The average Bonchev–Trinajstić information content (AvgIpc) is 2.35. The van der Waals surface area contributed by atoms with Crippen LogP contribution in [0.1, 0.15) is 65.2 Å². The zero-order valence-electron chi connectivity index (χ0n) is 11.8. The Morgan fingerprint density at radius 2 is 1.82 bits per heavy atom. The van der Waals surface area contributed by atoms with Gasteiger partial charge in [0.05, 0.1) is 13.5 Å². The molecule has 0 aromatic heterocycles. The number of unbranched alkanes of at least 4 members (excludes halogenated alkanes) is 4. The highest BCUT2D eigenvalue weighted by molar-refractivity contribution is 5.69. The molecule has 0 aliphatic rings. The van der Waals surface area contributed by atoms with Crippen LogP contribution in [0.4, 0.5) is 0 Å². The fourth-order valence-corrected chi connectivity index (χ4v) is 1.90. The van der Waals surface area contributed by atoms with E-state index >= 15 is 0 Å². The Balaban J connectivity index is 3.72. The van der Waals surface area contributed by atoms with E-state index in [1.165, 1.54) is 39.2 Å². The van der Waals surface area contributed by atoms with Crippen molar-refractivity contribution in [3.05, 3.63) is 0 Å². The van der Waals surface area contributed by atoms with Crippen LogP contribution in [-0.2, 0) is 9.53 Å². The summed E-state index contributed by atoms with van der Waals surface area (Å²) >= 11 is 0. The van der Waals surface area contributed by atoms with E-state index in [0.717, 1.165) is 19.4 Å².